The van der Waals surface area contributed by atoms with Crippen molar-refractivity contribution < 1.29 is 41.1 Å². The number of pyridine rings is 1. The number of nitro groups is 1. The molecule has 200 valence electrons. The van der Waals surface area contributed by atoms with Gasteiger partial charge in [-0.2, -0.15) is 13.2 Å². The molecule has 3 rings (SSSR count). The summed E-state index contributed by atoms with van der Waals surface area (Å²) in [5.74, 6) is -3.33. The Kier molecular flexibility index (Phi) is 8.55. The number of nitrogens with zero attached hydrogens (tertiary/aromatic N) is 3. The zero-order valence-corrected chi connectivity index (χ0v) is 19.8. The van der Waals surface area contributed by atoms with Crippen LogP contribution >= 0.6 is 0 Å². The number of hydrogen-bond acceptors (Lipinski definition) is 8. The normalized spacial score (nSPS) is 11.4. The number of ether oxygens (including phenoxy) is 2. The highest BCUT2D eigenvalue weighted by Gasteiger charge is 2.36. The van der Waals surface area contributed by atoms with E-state index in [0.717, 1.165) is 19.2 Å². The van der Waals surface area contributed by atoms with Crippen LogP contribution in [-0.4, -0.2) is 42.9 Å². The van der Waals surface area contributed by atoms with Crippen LogP contribution in [0.4, 0.5) is 39.0 Å². The van der Waals surface area contributed by atoms with Crippen LogP contribution < -0.4 is 10.1 Å². The van der Waals surface area contributed by atoms with Crippen LogP contribution in [0.15, 0.2) is 47.5 Å². The second-order valence-corrected chi connectivity index (χ2v) is 7.59. The largest absolute Gasteiger partial charge is 0.481 e. The molecular weight excluding hydrogens is 519 g/mol. The van der Waals surface area contributed by atoms with E-state index in [-0.39, 0.29) is 41.5 Å². The number of methoxy groups -OCH3 is 2. The lowest BCUT2D eigenvalue weighted by Crippen LogP contribution is -2.13. The van der Waals surface area contributed by atoms with E-state index in [2.05, 4.69) is 20.0 Å². The smallest absolute Gasteiger partial charge is 0.419 e. The van der Waals surface area contributed by atoms with E-state index in [4.69, 9.17) is 4.74 Å². The van der Waals surface area contributed by atoms with Crippen molar-refractivity contribution in [2.45, 2.75) is 12.6 Å². The lowest BCUT2D eigenvalue weighted by Gasteiger charge is -2.16. The molecule has 0 aliphatic rings. The first-order valence-electron chi connectivity index (χ1n) is 10.7. The summed E-state index contributed by atoms with van der Waals surface area (Å²) in [6.07, 6.45) is -3.86. The monoisotopic (exact) mass is 538 g/mol. The van der Waals surface area contributed by atoms with Gasteiger partial charge in [-0.25, -0.2) is 18.6 Å². The SMILES string of the molecule is COC(=O)c1cc(F)c(C(F)(F)F)cc1Nc1ccc(F)cc1C=NCCc1nc(OC)ccc1[N+](=O)[O-]. The van der Waals surface area contributed by atoms with Gasteiger partial charge in [-0.15, -0.1) is 0 Å². The van der Waals surface area contributed by atoms with Gasteiger partial charge in [-0.05, 0) is 30.3 Å². The predicted molar refractivity (Wildman–Crippen MR) is 126 cm³/mol. The topological polar surface area (TPSA) is 116 Å². The lowest BCUT2D eigenvalue weighted by atomic mass is 10.1. The molecule has 0 saturated heterocycles. The molecule has 1 N–H and O–H groups in total. The second-order valence-electron chi connectivity index (χ2n) is 7.59. The van der Waals surface area contributed by atoms with Gasteiger partial charge in [-0.1, -0.05) is 0 Å². The summed E-state index contributed by atoms with van der Waals surface area (Å²) in [7, 11) is 2.32. The van der Waals surface area contributed by atoms with Crippen molar-refractivity contribution >= 4 is 29.2 Å². The molecule has 0 unspecified atom stereocenters. The van der Waals surface area contributed by atoms with Gasteiger partial charge < -0.3 is 14.8 Å². The molecule has 0 amide bonds. The number of carbonyl (C=O) groups excluding carboxylic acids is 1. The number of aromatic nitrogens is 1. The number of alkyl halides is 3. The summed E-state index contributed by atoms with van der Waals surface area (Å²) in [4.78, 5) is 30.9. The molecule has 0 spiro atoms. The molecular formula is C24H19F5N4O5. The van der Waals surface area contributed by atoms with E-state index in [1.54, 1.807) is 0 Å². The number of aliphatic imine (C=N–C) groups is 1. The first-order chi connectivity index (χ1) is 17.9. The van der Waals surface area contributed by atoms with E-state index in [9.17, 15) is 36.9 Å². The number of hydrogen-bond donors (Lipinski definition) is 1. The molecule has 0 fully saturated rings. The number of rotatable bonds is 9. The maximum atomic E-state index is 14.1. The number of nitrogens with one attached hydrogen (secondary N) is 1. The zero-order valence-electron chi connectivity index (χ0n) is 19.8. The Balaban J connectivity index is 1.92. The highest BCUT2D eigenvalue weighted by atomic mass is 19.4. The van der Waals surface area contributed by atoms with E-state index in [1.165, 1.54) is 31.5 Å². The van der Waals surface area contributed by atoms with Crippen LogP contribution in [0, 0.1) is 21.7 Å². The minimum absolute atomic E-state index is 0.0154. The van der Waals surface area contributed by atoms with Crippen molar-refractivity contribution in [2.75, 3.05) is 26.1 Å². The van der Waals surface area contributed by atoms with Crippen LogP contribution in [0.3, 0.4) is 0 Å². The van der Waals surface area contributed by atoms with Crippen molar-refractivity contribution in [3.8, 4) is 5.88 Å². The maximum Gasteiger partial charge on any atom is 0.419 e. The van der Waals surface area contributed by atoms with Gasteiger partial charge in [-0.3, -0.25) is 15.1 Å². The summed E-state index contributed by atoms with van der Waals surface area (Å²) in [6.45, 7) is -0.0286. The zero-order chi connectivity index (χ0) is 28.0. The average molecular weight is 538 g/mol. The third-order valence-electron chi connectivity index (χ3n) is 5.14. The van der Waals surface area contributed by atoms with Crippen LogP contribution in [0.2, 0.25) is 0 Å². The molecule has 0 atom stereocenters. The number of esters is 1. The molecule has 2 aromatic carbocycles. The fourth-order valence-corrected chi connectivity index (χ4v) is 3.34. The van der Waals surface area contributed by atoms with Gasteiger partial charge in [0.2, 0.25) is 5.88 Å². The summed E-state index contributed by atoms with van der Waals surface area (Å²) < 4.78 is 77.4. The van der Waals surface area contributed by atoms with Gasteiger partial charge in [0.05, 0.1) is 36.0 Å². The molecule has 9 nitrogen and oxygen atoms in total. The average Bonchev–Trinajstić information content (AvgIpc) is 2.87. The molecule has 0 saturated carbocycles. The Bertz CT molecular complexity index is 1400. The van der Waals surface area contributed by atoms with Gasteiger partial charge in [0, 0.05) is 42.6 Å². The fourth-order valence-electron chi connectivity index (χ4n) is 3.34. The van der Waals surface area contributed by atoms with Crippen LogP contribution in [0.5, 0.6) is 5.88 Å². The van der Waals surface area contributed by atoms with Gasteiger partial charge in [0.15, 0.2) is 0 Å². The number of halogens is 5. The molecule has 14 heteroatoms. The van der Waals surface area contributed by atoms with E-state index in [1.807, 2.05) is 0 Å². The Labute approximate surface area is 212 Å². The first kappa shape index (κ1) is 28.0. The molecule has 3 aromatic rings. The van der Waals surface area contributed by atoms with Crippen molar-refractivity contribution in [1.82, 2.24) is 4.98 Å². The Morgan fingerprint density at radius 3 is 2.50 bits per heavy atom. The fraction of sp³-hybridized carbons (Fsp3) is 0.208. The number of anilines is 2. The first-order valence-corrected chi connectivity index (χ1v) is 10.7. The highest BCUT2D eigenvalue weighted by Crippen LogP contribution is 2.36. The van der Waals surface area contributed by atoms with Crippen molar-refractivity contribution in [2.24, 2.45) is 4.99 Å². The Morgan fingerprint density at radius 1 is 1.13 bits per heavy atom. The summed E-state index contributed by atoms with van der Waals surface area (Å²) in [5, 5.41) is 13.8. The van der Waals surface area contributed by atoms with Gasteiger partial charge in [0.25, 0.3) is 5.69 Å². The number of benzene rings is 2. The molecule has 0 bridgehead atoms. The number of carbonyl (C=O) groups is 1. The Hall–Kier alpha value is -4.62. The van der Waals surface area contributed by atoms with Crippen LogP contribution in [0.1, 0.15) is 27.2 Å². The second kappa shape index (κ2) is 11.6. The molecule has 0 aliphatic heterocycles. The van der Waals surface area contributed by atoms with Gasteiger partial charge >= 0.3 is 12.1 Å². The minimum Gasteiger partial charge on any atom is -0.481 e. The van der Waals surface area contributed by atoms with Crippen LogP contribution in [-0.2, 0) is 17.3 Å². The van der Waals surface area contributed by atoms with Crippen LogP contribution in [0.25, 0.3) is 0 Å². The molecule has 1 aromatic heterocycles. The molecule has 0 aliphatic carbocycles. The Morgan fingerprint density at radius 2 is 1.87 bits per heavy atom. The maximum absolute atomic E-state index is 14.1. The summed E-state index contributed by atoms with van der Waals surface area (Å²) in [5.41, 5.74) is -2.65. The van der Waals surface area contributed by atoms with Crippen molar-refractivity contribution in [1.29, 1.82) is 0 Å². The quantitative estimate of drug-likeness (QED) is 0.126. The molecule has 38 heavy (non-hydrogen) atoms. The summed E-state index contributed by atoms with van der Waals surface area (Å²) >= 11 is 0. The van der Waals surface area contributed by atoms with E-state index in [0.29, 0.717) is 12.1 Å². The van der Waals surface area contributed by atoms with Crippen molar-refractivity contribution in [3.05, 3.63) is 86.6 Å². The molecule has 1 heterocycles. The van der Waals surface area contributed by atoms with E-state index >= 15 is 0 Å². The third kappa shape index (κ3) is 6.57. The van der Waals surface area contributed by atoms with Crippen molar-refractivity contribution in [3.63, 3.8) is 0 Å². The van der Waals surface area contributed by atoms with E-state index < -0.39 is 45.5 Å². The third-order valence-corrected chi connectivity index (χ3v) is 5.14. The predicted octanol–water partition coefficient (Wildman–Crippen LogP) is 5.49. The summed E-state index contributed by atoms with van der Waals surface area (Å²) in [6, 6.07) is 6.57. The van der Waals surface area contributed by atoms with Gasteiger partial charge in [0.1, 0.15) is 17.3 Å². The lowest BCUT2D eigenvalue weighted by molar-refractivity contribution is -0.385. The minimum atomic E-state index is -5.06. The standard InChI is InChI=1S/C24H19F5N4O5/c1-37-22-6-5-21(33(35)36)19(32-22)7-8-30-12-13-9-14(25)3-4-18(13)31-20-11-16(24(27,28)29)17(26)10-15(20)23(34)38-2/h3-6,9-12,31H,7-8H2,1-2H3. The molecule has 0 radical (unpaired) electrons. The highest BCUT2D eigenvalue weighted by molar-refractivity contribution is 5.98.